The van der Waals surface area contributed by atoms with Crippen LogP contribution < -0.4 is 0 Å². The lowest BCUT2D eigenvalue weighted by Gasteiger charge is -1.76. The van der Waals surface area contributed by atoms with E-state index in [4.69, 9.17) is 5.11 Å². The second-order valence-corrected chi connectivity index (χ2v) is 2.41. The van der Waals surface area contributed by atoms with Crippen LogP contribution in [0.5, 0.6) is 0 Å². The van der Waals surface area contributed by atoms with Crippen LogP contribution in [0.4, 0.5) is 0 Å². The van der Waals surface area contributed by atoms with Crippen molar-refractivity contribution in [1.29, 1.82) is 0 Å². The molecule has 0 aromatic carbocycles. The summed E-state index contributed by atoms with van der Waals surface area (Å²) in [5, 5.41) is 14.4. The number of nitrogens with zero attached hydrogens (tertiary/aromatic N) is 2. The largest absolute Gasteiger partial charge is 0.478 e. The van der Waals surface area contributed by atoms with Crippen LogP contribution in [-0.2, 0) is 4.79 Å². The van der Waals surface area contributed by atoms with Gasteiger partial charge in [0.25, 0.3) is 0 Å². The first-order chi connectivity index (χ1) is 5.18. The maximum atomic E-state index is 10.0. The van der Waals surface area contributed by atoms with E-state index in [2.05, 4.69) is 31.1 Å². The Labute approximate surface area is 70.3 Å². The van der Waals surface area contributed by atoms with Crippen molar-refractivity contribution in [2.45, 2.75) is 0 Å². The highest BCUT2D eigenvalue weighted by atomic mass is 79.9. The summed E-state index contributed by atoms with van der Waals surface area (Å²) < 4.78 is 0.475. The summed E-state index contributed by atoms with van der Waals surface area (Å²) in [6.45, 7) is 0. The smallest absolute Gasteiger partial charge is 0.328 e. The highest BCUT2D eigenvalue weighted by molar-refractivity contribution is 9.10. The van der Waals surface area contributed by atoms with Gasteiger partial charge in [-0.25, -0.2) is 9.78 Å². The lowest BCUT2D eigenvalue weighted by atomic mass is 10.5. The summed E-state index contributed by atoms with van der Waals surface area (Å²) in [4.78, 5) is 13.8. The van der Waals surface area contributed by atoms with E-state index in [9.17, 15) is 4.79 Å². The molecule has 0 aliphatic rings. The van der Waals surface area contributed by atoms with Crippen LogP contribution in [0.1, 0.15) is 5.82 Å². The topological polar surface area (TPSA) is 78.9 Å². The molecule has 11 heavy (non-hydrogen) atoms. The molecular weight excluding hydrogens is 214 g/mol. The number of hydrogen-bond donors (Lipinski definition) is 2. The zero-order valence-electron chi connectivity index (χ0n) is 5.28. The molecule has 0 saturated heterocycles. The third kappa shape index (κ3) is 2.50. The standard InChI is InChI=1S/C5H4BrN3O2/c6-5-7-3(8-9-5)1-2-4(10)11/h1-2H,(H,10,11)(H,7,8,9)/b2-1+. The summed E-state index contributed by atoms with van der Waals surface area (Å²) in [5.41, 5.74) is 0. The van der Waals surface area contributed by atoms with E-state index < -0.39 is 5.97 Å². The van der Waals surface area contributed by atoms with Gasteiger partial charge in [-0.15, -0.1) is 0 Å². The molecule has 0 amide bonds. The Hall–Kier alpha value is -1.17. The van der Waals surface area contributed by atoms with Crippen molar-refractivity contribution >= 4 is 28.0 Å². The van der Waals surface area contributed by atoms with Gasteiger partial charge in [0.15, 0.2) is 10.6 Å². The molecule has 6 heteroatoms. The molecule has 0 aliphatic carbocycles. The van der Waals surface area contributed by atoms with Crippen molar-refractivity contribution in [3.05, 3.63) is 16.6 Å². The van der Waals surface area contributed by atoms with E-state index in [1.807, 2.05) is 0 Å². The Kier molecular flexibility index (Phi) is 2.37. The van der Waals surface area contributed by atoms with Gasteiger partial charge >= 0.3 is 5.97 Å². The van der Waals surface area contributed by atoms with Crippen LogP contribution in [0.15, 0.2) is 10.8 Å². The van der Waals surface area contributed by atoms with Gasteiger partial charge in [0, 0.05) is 6.08 Å². The van der Waals surface area contributed by atoms with E-state index >= 15 is 0 Å². The van der Waals surface area contributed by atoms with Crippen molar-refractivity contribution in [3.8, 4) is 0 Å². The lowest BCUT2D eigenvalue weighted by molar-refractivity contribution is -0.131. The Morgan fingerprint density at radius 3 is 2.91 bits per heavy atom. The number of halogens is 1. The van der Waals surface area contributed by atoms with Gasteiger partial charge in [-0.05, 0) is 22.0 Å². The second-order valence-electron chi connectivity index (χ2n) is 1.66. The number of carboxylic acids is 1. The van der Waals surface area contributed by atoms with Crippen LogP contribution >= 0.6 is 15.9 Å². The second kappa shape index (κ2) is 3.29. The highest BCUT2D eigenvalue weighted by Gasteiger charge is 1.95. The van der Waals surface area contributed by atoms with Crippen molar-refractivity contribution in [1.82, 2.24) is 15.2 Å². The van der Waals surface area contributed by atoms with Crippen LogP contribution in [0.25, 0.3) is 6.08 Å². The Balaban J connectivity index is 2.71. The van der Waals surface area contributed by atoms with Crippen molar-refractivity contribution in [3.63, 3.8) is 0 Å². The molecule has 1 heterocycles. The number of nitrogens with one attached hydrogen (secondary N) is 1. The van der Waals surface area contributed by atoms with Crippen molar-refractivity contribution < 1.29 is 9.90 Å². The van der Waals surface area contributed by atoms with Crippen LogP contribution in [0, 0.1) is 0 Å². The number of hydrogen-bond acceptors (Lipinski definition) is 3. The van der Waals surface area contributed by atoms with E-state index in [0.29, 0.717) is 10.6 Å². The zero-order valence-corrected chi connectivity index (χ0v) is 6.87. The summed E-state index contributed by atoms with van der Waals surface area (Å²) in [6, 6.07) is 0. The van der Waals surface area contributed by atoms with Gasteiger partial charge in [-0.3, -0.25) is 5.10 Å². The number of carboxylic acid groups (broad SMARTS) is 1. The van der Waals surface area contributed by atoms with E-state index in [1.54, 1.807) is 0 Å². The molecule has 1 aromatic heterocycles. The maximum absolute atomic E-state index is 10.0. The summed E-state index contributed by atoms with van der Waals surface area (Å²) >= 11 is 3.03. The molecule has 2 N–H and O–H groups in total. The van der Waals surface area contributed by atoms with Gasteiger partial charge < -0.3 is 5.11 Å². The van der Waals surface area contributed by atoms with Crippen molar-refractivity contribution in [2.75, 3.05) is 0 Å². The molecule has 0 aliphatic heterocycles. The SMILES string of the molecule is O=C(O)/C=C/c1n[nH]c(Br)n1. The maximum Gasteiger partial charge on any atom is 0.328 e. The summed E-state index contributed by atoms with van der Waals surface area (Å²) in [6.07, 6.45) is 2.26. The number of H-pyrrole nitrogens is 1. The molecule has 0 spiro atoms. The number of rotatable bonds is 2. The fraction of sp³-hybridized carbons (Fsp3) is 0. The Morgan fingerprint density at radius 1 is 1.73 bits per heavy atom. The fourth-order valence-corrected chi connectivity index (χ4v) is 0.745. The van der Waals surface area contributed by atoms with Crippen LogP contribution in [0.2, 0.25) is 0 Å². The molecule has 0 saturated carbocycles. The van der Waals surface area contributed by atoms with Crippen molar-refractivity contribution in [2.24, 2.45) is 0 Å². The predicted molar refractivity (Wildman–Crippen MR) is 40.8 cm³/mol. The molecule has 1 rings (SSSR count). The minimum atomic E-state index is -1.02. The van der Waals surface area contributed by atoms with Gasteiger partial charge in [0.2, 0.25) is 0 Å². The molecule has 1 aromatic rings. The first-order valence-electron chi connectivity index (χ1n) is 2.67. The van der Waals surface area contributed by atoms with Crippen LogP contribution in [0.3, 0.4) is 0 Å². The Morgan fingerprint density at radius 2 is 2.45 bits per heavy atom. The predicted octanol–water partition coefficient (Wildman–Crippen LogP) is 0.665. The molecule has 0 radical (unpaired) electrons. The molecule has 0 fully saturated rings. The molecular formula is C5H4BrN3O2. The number of aliphatic carboxylic acids is 1. The fourth-order valence-electron chi connectivity index (χ4n) is 0.474. The average molecular weight is 218 g/mol. The normalized spacial score (nSPS) is 10.6. The number of carbonyl (C=O) groups is 1. The summed E-state index contributed by atoms with van der Waals surface area (Å²) in [7, 11) is 0. The monoisotopic (exact) mass is 217 g/mol. The highest BCUT2D eigenvalue weighted by Crippen LogP contribution is 2.01. The number of aromatic nitrogens is 3. The summed E-state index contributed by atoms with van der Waals surface area (Å²) in [5.74, 6) is -0.690. The average Bonchev–Trinajstić information content (AvgIpc) is 2.31. The van der Waals surface area contributed by atoms with Gasteiger partial charge in [-0.1, -0.05) is 0 Å². The van der Waals surface area contributed by atoms with Crippen LogP contribution in [-0.4, -0.2) is 26.3 Å². The molecule has 0 atom stereocenters. The van der Waals surface area contributed by atoms with Gasteiger partial charge in [-0.2, -0.15) is 5.10 Å². The van der Waals surface area contributed by atoms with Gasteiger partial charge in [0.1, 0.15) is 0 Å². The zero-order chi connectivity index (χ0) is 8.27. The van der Waals surface area contributed by atoms with Gasteiger partial charge in [0.05, 0.1) is 0 Å². The lowest BCUT2D eigenvalue weighted by Crippen LogP contribution is -1.86. The minimum Gasteiger partial charge on any atom is -0.478 e. The Bertz CT molecular complexity index is 294. The minimum absolute atomic E-state index is 0.333. The number of aromatic amines is 1. The first kappa shape index (κ1) is 7.93. The van der Waals surface area contributed by atoms with E-state index in [0.717, 1.165) is 6.08 Å². The third-order valence-corrected chi connectivity index (χ3v) is 1.21. The quantitative estimate of drug-likeness (QED) is 0.714. The third-order valence-electron chi connectivity index (χ3n) is 0.850. The molecule has 0 bridgehead atoms. The first-order valence-corrected chi connectivity index (χ1v) is 3.46. The molecule has 5 nitrogen and oxygen atoms in total. The van der Waals surface area contributed by atoms with E-state index in [-0.39, 0.29) is 0 Å². The van der Waals surface area contributed by atoms with E-state index in [1.165, 1.54) is 6.08 Å². The molecule has 0 unspecified atom stereocenters. The molecule has 58 valence electrons.